The Morgan fingerprint density at radius 2 is 1.85 bits per heavy atom. The molecule has 2 aliphatic rings. The molecule has 1 amide bonds. The molecule has 2 aliphatic heterocycles. The minimum atomic E-state index is 0.183. The summed E-state index contributed by atoms with van der Waals surface area (Å²) in [7, 11) is 0. The summed E-state index contributed by atoms with van der Waals surface area (Å²) >= 11 is 1.57. The average molecular weight is 381 g/mol. The Morgan fingerprint density at radius 3 is 2.56 bits per heavy atom. The fraction of sp³-hybridized carbons (Fsp3) is 0.429. The highest BCUT2D eigenvalue weighted by atomic mass is 32.1. The second-order valence-corrected chi connectivity index (χ2v) is 8.74. The van der Waals surface area contributed by atoms with Crippen LogP contribution >= 0.6 is 11.3 Å². The number of carbonyl (C=O) groups excluding carboxylic acids is 1. The number of hydrogen-bond acceptors (Lipinski definition) is 4. The van der Waals surface area contributed by atoms with Crippen molar-refractivity contribution >= 4 is 27.5 Å². The lowest BCUT2D eigenvalue weighted by Gasteiger charge is -2.20. The molecule has 0 radical (unpaired) electrons. The fourth-order valence-electron chi connectivity index (χ4n) is 4.47. The van der Waals surface area contributed by atoms with Gasteiger partial charge < -0.3 is 10.2 Å². The van der Waals surface area contributed by atoms with E-state index in [9.17, 15) is 4.79 Å². The summed E-state index contributed by atoms with van der Waals surface area (Å²) in [5.74, 6) is 1.65. The zero-order chi connectivity index (χ0) is 18.4. The van der Waals surface area contributed by atoms with Crippen LogP contribution in [0.4, 0.5) is 0 Å². The lowest BCUT2D eigenvalue weighted by atomic mass is 9.92. The SMILES string of the molecule is Cc1nn(-c2ccccc2)c2sc(C(=O)N3CC[C@@H]4CNC[C@@H]4CC3)cc12. The fourth-order valence-corrected chi connectivity index (χ4v) is 5.62. The number of thiophene rings is 1. The van der Waals surface area contributed by atoms with Gasteiger partial charge in [-0.15, -0.1) is 11.3 Å². The zero-order valence-electron chi connectivity index (χ0n) is 15.5. The summed E-state index contributed by atoms with van der Waals surface area (Å²) in [5.41, 5.74) is 2.01. The van der Waals surface area contributed by atoms with Crippen LogP contribution in [0.3, 0.4) is 0 Å². The number of benzene rings is 1. The van der Waals surface area contributed by atoms with Gasteiger partial charge in [0.15, 0.2) is 0 Å². The number of fused-ring (bicyclic) bond motifs is 2. The summed E-state index contributed by atoms with van der Waals surface area (Å²) in [6.45, 7) is 5.99. The van der Waals surface area contributed by atoms with E-state index in [2.05, 4.69) is 27.4 Å². The van der Waals surface area contributed by atoms with Crippen molar-refractivity contribution in [3.05, 3.63) is 47.0 Å². The molecule has 1 N–H and O–H groups in total. The van der Waals surface area contributed by atoms with Gasteiger partial charge in [0.1, 0.15) is 4.83 Å². The van der Waals surface area contributed by atoms with Gasteiger partial charge in [0.05, 0.1) is 16.3 Å². The van der Waals surface area contributed by atoms with Crippen LogP contribution in [0.5, 0.6) is 0 Å². The maximum absolute atomic E-state index is 13.2. The number of nitrogens with one attached hydrogen (secondary N) is 1. The molecule has 2 atom stereocenters. The van der Waals surface area contributed by atoms with Crippen LogP contribution in [-0.2, 0) is 0 Å². The molecule has 140 valence electrons. The molecule has 0 aliphatic carbocycles. The Bertz CT molecular complexity index is 963. The summed E-state index contributed by atoms with van der Waals surface area (Å²) in [4.78, 5) is 17.1. The molecule has 2 aromatic heterocycles. The van der Waals surface area contributed by atoms with E-state index in [0.717, 1.165) is 77.3 Å². The first-order valence-corrected chi connectivity index (χ1v) is 10.6. The van der Waals surface area contributed by atoms with Gasteiger partial charge >= 0.3 is 0 Å². The van der Waals surface area contributed by atoms with E-state index >= 15 is 0 Å². The second kappa shape index (κ2) is 6.77. The minimum absolute atomic E-state index is 0.183. The first kappa shape index (κ1) is 17.0. The van der Waals surface area contributed by atoms with E-state index in [1.165, 1.54) is 0 Å². The number of nitrogens with zero attached hydrogens (tertiary/aromatic N) is 3. The van der Waals surface area contributed by atoms with Gasteiger partial charge in [0.2, 0.25) is 0 Å². The summed E-state index contributed by atoms with van der Waals surface area (Å²) < 4.78 is 1.96. The maximum Gasteiger partial charge on any atom is 0.264 e. The number of para-hydroxylation sites is 1. The number of aromatic nitrogens is 2. The summed E-state index contributed by atoms with van der Waals surface area (Å²) in [6.07, 6.45) is 2.23. The maximum atomic E-state index is 13.2. The Balaban J connectivity index is 1.44. The topological polar surface area (TPSA) is 50.2 Å². The van der Waals surface area contributed by atoms with Crippen molar-refractivity contribution in [2.24, 2.45) is 11.8 Å². The average Bonchev–Trinajstić information content (AvgIpc) is 3.36. The monoisotopic (exact) mass is 380 g/mol. The third-order valence-corrected chi connectivity index (χ3v) is 7.16. The van der Waals surface area contributed by atoms with E-state index in [1.807, 2.05) is 35.9 Å². The first-order chi connectivity index (χ1) is 13.2. The van der Waals surface area contributed by atoms with E-state index in [1.54, 1.807) is 11.3 Å². The Morgan fingerprint density at radius 1 is 1.15 bits per heavy atom. The standard InChI is InChI=1S/C21H24N4OS/c1-14-18-11-19(27-21(18)25(23-14)17-5-3-2-4-6-17)20(26)24-9-7-15-12-22-13-16(15)8-10-24/h2-6,11,15-16,22H,7-10,12-13H2,1H3/t15-,16+. The van der Waals surface area contributed by atoms with E-state index < -0.39 is 0 Å². The Labute approximate surface area is 163 Å². The Hall–Kier alpha value is -2.18. The summed E-state index contributed by atoms with van der Waals surface area (Å²) in [5, 5.41) is 9.27. The third-order valence-electron chi connectivity index (χ3n) is 6.06. The molecule has 3 aromatic rings. The number of rotatable bonds is 2. The number of amides is 1. The number of hydrogen-bond donors (Lipinski definition) is 1. The van der Waals surface area contributed by atoms with Crippen LogP contribution in [0, 0.1) is 18.8 Å². The van der Waals surface area contributed by atoms with Crippen molar-refractivity contribution in [3.63, 3.8) is 0 Å². The van der Waals surface area contributed by atoms with Crippen molar-refractivity contribution < 1.29 is 4.79 Å². The quantitative estimate of drug-likeness (QED) is 0.741. The smallest absolute Gasteiger partial charge is 0.264 e. The normalized spacial score (nSPS) is 22.8. The highest BCUT2D eigenvalue weighted by Crippen LogP contribution is 2.33. The van der Waals surface area contributed by atoms with Crippen LogP contribution in [0.15, 0.2) is 36.4 Å². The molecule has 5 rings (SSSR count). The number of aryl methyl sites for hydroxylation is 1. The highest BCUT2D eigenvalue weighted by Gasteiger charge is 2.32. The van der Waals surface area contributed by atoms with Crippen LogP contribution < -0.4 is 5.32 Å². The van der Waals surface area contributed by atoms with Crippen molar-refractivity contribution in [3.8, 4) is 5.69 Å². The predicted molar refractivity (Wildman–Crippen MR) is 109 cm³/mol. The highest BCUT2D eigenvalue weighted by molar-refractivity contribution is 7.20. The largest absolute Gasteiger partial charge is 0.338 e. The summed E-state index contributed by atoms with van der Waals surface area (Å²) in [6, 6.07) is 12.2. The third kappa shape index (κ3) is 2.97. The molecule has 5 nitrogen and oxygen atoms in total. The van der Waals surface area contributed by atoms with Crippen molar-refractivity contribution in [2.75, 3.05) is 26.2 Å². The molecule has 2 fully saturated rings. The van der Waals surface area contributed by atoms with E-state index in [-0.39, 0.29) is 5.91 Å². The van der Waals surface area contributed by atoms with Crippen LogP contribution in [0.1, 0.15) is 28.2 Å². The van der Waals surface area contributed by atoms with Crippen LogP contribution in [0.2, 0.25) is 0 Å². The Kier molecular flexibility index (Phi) is 4.25. The molecule has 1 aromatic carbocycles. The lowest BCUT2D eigenvalue weighted by molar-refractivity contribution is 0.0763. The van der Waals surface area contributed by atoms with E-state index in [4.69, 9.17) is 0 Å². The van der Waals surface area contributed by atoms with Gasteiger partial charge in [0.25, 0.3) is 5.91 Å². The molecular formula is C21H24N4OS. The van der Waals surface area contributed by atoms with Gasteiger partial charge in [-0.3, -0.25) is 4.79 Å². The van der Waals surface area contributed by atoms with Gasteiger partial charge in [-0.05, 0) is 62.9 Å². The first-order valence-electron chi connectivity index (χ1n) is 9.75. The van der Waals surface area contributed by atoms with Crippen molar-refractivity contribution in [2.45, 2.75) is 19.8 Å². The molecule has 0 spiro atoms. The van der Waals surface area contributed by atoms with Crippen molar-refractivity contribution in [1.82, 2.24) is 20.0 Å². The van der Waals surface area contributed by atoms with E-state index in [0.29, 0.717) is 0 Å². The molecule has 2 saturated heterocycles. The van der Waals surface area contributed by atoms with Gasteiger partial charge in [0, 0.05) is 18.5 Å². The molecule has 0 saturated carbocycles. The van der Waals surface area contributed by atoms with Gasteiger partial charge in [-0.2, -0.15) is 5.10 Å². The number of carbonyl (C=O) groups is 1. The molecular weight excluding hydrogens is 356 g/mol. The zero-order valence-corrected chi connectivity index (χ0v) is 16.3. The molecule has 0 unspecified atom stereocenters. The molecule has 27 heavy (non-hydrogen) atoms. The molecule has 6 heteroatoms. The van der Waals surface area contributed by atoms with Gasteiger partial charge in [-0.25, -0.2) is 4.68 Å². The molecule has 0 bridgehead atoms. The predicted octanol–water partition coefficient (Wildman–Crippen LogP) is 3.47. The lowest BCUT2D eigenvalue weighted by Crippen LogP contribution is -2.32. The van der Waals surface area contributed by atoms with Crippen LogP contribution in [0.25, 0.3) is 15.9 Å². The minimum Gasteiger partial charge on any atom is -0.338 e. The second-order valence-electron chi connectivity index (χ2n) is 7.71. The van der Waals surface area contributed by atoms with Crippen LogP contribution in [-0.4, -0.2) is 46.8 Å². The molecule has 4 heterocycles. The van der Waals surface area contributed by atoms with Gasteiger partial charge in [-0.1, -0.05) is 18.2 Å². The van der Waals surface area contributed by atoms with Crippen molar-refractivity contribution in [1.29, 1.82) is 0 Å². The number of likely N-dealkylation sites (tertiary alicyclic amines) is 1.